The molecule has 3 heteroatoms. The van der Waals surface area contributed by atoms with Gasteiger partial charge in [-0.3, -0.25) is 0 Å². The Morgan fingerprint density at radius 2 is 2.22 bits per heavy atom. The molecule has 1 fully saturated rings. The first-order valence-corrected chi connectivity index (χ1v) is 7.64. The van der Waals surface area contributed by atoms with Gasteiger partial charge < -0.3 is 10.1 Å². The number of halogens is 1. The summed E-state index contributed by atoms with van der Waals surface area (Å²) in [6.07, 6.45) is 5.18. The van der Waals surface area contributed by atoms with Crippen LogP contribution in [0.5, 0.6) is 5.75 Å². The maximum atomic E-state index is 6.11. The molecule has 0 radical (unpaired) electrons. The highest BCUT2D eigenvalue weighted by atomic mass is 79.9. The maximum absolute atomic E-state index is 6.11. The lowest BCUT2D eigenvalue weighted by Gasteiger charge is -2.20. The summed E-state index contributed by atoms with van der Waals surface area (Å²) in [5.41, 5.74) is 1.25. The average molecular weight is 312 g/mol. The quantitative estimate of drug-likeness (QED) is 0.820. The Kier molecular flexibility index (Phi) is 5.07. The van der Waals surface area contributed by atoms with Gasteiger partial charge in [0.25, 0.3) is 0 Å². The number of nitrogens with one attached hydrogen (secondary N) is 1. The smallest absolute Gasteiger partial charge is 0.133 e. The van der Waals surface area contributed by atoms with Crippen LogP contribution in [0.4, 0.5) is 0 Å². The Labute approximate surface area is 118 Å². The fraction of sp³-hybridized carbons (Fsp3) is 0.600. The van der Waals surface area contributed by atoms with Crippen LogP contribution in [0.1, 0.15) is 38.2 Å². The van der Waals surface area contributed by atoms with E-state index in [0.29, 0.717) is 0 Å². The zero-order chi connectivity index (χ0) is 13.0. The number of ether oxygens (including phenoxy) is 1. The molecule has 0 amide bonds. The second-order valence-electron chi connectivity index (χ2n) is 5.14. The van der Waals surface area contributed by atoms with Crippen LogP contribution < -0.4 is 10.1 Å². The summed E-state index contributed by atoms with van der Waals surface area (Å²) in [4.78, 5) is 0. The van der Waals surface area contributed by atoms with E-state index in [1.165, 1.54) is 18.4 Å². The molecule has 1 saturated carbocycles. The first-order chi connectivity index (χ1) is 8.69. The van der Waals surface area contributed by atoms with Gasteiger partial charge in [0.1, 0.15) is 11.9 Å². The molecule has 2 rings (SSSR count). The summed E-state index contributed by atoms with van der Waals surface area (Å²) in [6.45, 7) is 5.25. The number of benzene rings is 1. The van der Waals surface area contributed by atoms with Crippen LogP contribution in [0.15, 0.2) is 22.7 Å². The molecule has 0 aliphatic heterocycles. The van der Waals surface area contributed by atoms with Crippen molar-refractivity contribution in [2.24, 2.45) is 0 Å². The van der Waals surface area contributed by atoms with Gasteiger partial charge in [-0.05, 0) is 59.8 Å². The fourth-order valence-corrected chi connectivity index (χ4v) is 2.58. The van der Waals surface area contributed by atoms with E-state index >= 15 is 0 Å². The van der Waals surface area contributed by atoms with Crippen molar-refractivity contribution in [2.75, 3.05) is 6.54 Å². The van der Waals surface area contributed by atoms with Crippen LogP contribution in [0.2, 0.25) is 0 Å². The lowest BCUT2D eigenvalue weighted by molar-refractivity contribution is 0.184. The summed E-state index contributed by atoms with van der Waals surface area (Å²) >= 11 is 3.57. The van der Waals surface area contributed by atoms with Crippen LogP contribution in [0.25, 0.3) is 0 Å². The predicted octanol–water partition coefficient (Wildman–Crippen LogP) is 4.06. The predicted molar refractivity (Wildman–Crippen MR) is 79.2 cm³/mol. The summed E-state index contributed by atoms with van der Waals surface area (Å²) in [7, 11) is 0. The van der Waals surface area contributed by atoms with Crippen molar-refractivity contribution in [3.8, 4) is 5.75 Å². The Morgan fingerprint density at radius 3 is 2.83 bits per heavy atom. The Balaban J connectivity index is 1.92. The van der Waals surface area contributed by atoms with Crippen LogP contribution in [-0.4, -0.2) is 18.7 Å². The van der Waals surface area contributed by atoms with Crippen LogP contribution in [0, 0.1) is 6.92 Å². The van der Waals surface area contributed by atoms with Crippen LogP contribution in [0.3, 0.4) is 0 Å². The fourth-order valence-electron chi connectivity index (χ4n) is 1.99. The Morgan fingerprint density at radius 1 is 1.44 bits per heavy atom. The van der Waals surface area contributed by atoms with Crippen molar-refractivity contribution >= 4 is 15.9 Å². The zero-order valence-electron chi connectivity index (χ0n) is 11.2. The molecule has 0 bridgehead atoms. The highest BCUT2D eigenvalue weighted by molar-refractivity contribution is 9.10. The van der Waals surface area contributed by atoms with Gasteiger partial charge in [-0.25, -0.2) is 0 Å². The molecule has 2 nitrogen and oxygen atoms in total. The highest BCUT2D eigenvalue weighted by Gasteiger charge is 2.22. The highest BCUT2D eigenvalue weighted by Crippen LogP contribution is 2.27. The van der Waals surface area contributed by atoms with E-state index in [1.807, 2.05) is 0 Å². The minimum atomic E-state index is 0.273. The van der Waals surface area contributed by atoms with Crippen molar-refractivity contribution < 1.29 is 4.74 Å². The van der Waals surface area contributed by atoms with E-state index in [4.69, 9.17) is 4.74 Å². The summed E-state index contributed by atoms with van der Waals surface area (Å²) < 4.78 is 7.16. The molecule has 0 heterocycles. The number of hydrogen-bond acceptors (Lipinski definition) is 2. The van der Waals surface area contributed by atoms with Crippen molar-refractivity contribution in [3.63, 3.8) is 0 Å². The third kappa shape index (κ3) is 4.29. The zero-order valence-corrected chi connectivity index (χ0v) is 12.8. The van der Waals surface area contributed by atoms with Crippen LogP contribution >= 0.6 is 15.9 Å². The molecule has 1 N–H and O–H groups in total. The van der Waals surface area contributed by atoms with E-state index in [9.17, 15) is 0 Å². The first-order valence-electron chi connectivity index (χ1n) is 6.85. The minimum absolute atomic E-state index is 0.273. The van der Waals surface area contributed by atoms with E-state index in [1.54, 1.807) is 0 Å². The lowest BCUT2D eigenvalue weighted by atomic mass is 10.2. The molecule has 1 aromatic rings. The normalized spacial score (nSPS) is 16.6. The van der Waals surface area contributed by atoms with Crippen molar-refractivity contribution in [1.29, 1.82) is 0 Å². The molecule has 1 atom stereocenters. The topological polar surface area (TPSA) is 21.3 Å². The lowest BCUT2D eigenvalue weighted by Crippen LogP contribution is -2.32. The molecule has 0 spiro atoms. The van der Waals surface area contributed by atoms with Gasteiger partial charge in [0, 0.05) is 12.6 Å². The number of aryl methyl sites for hydroxylation is 1. The van der Waals surface area contributed by atoms with Crippen molar-refractivity contribution in [2.45, 2.75) is 51.7 Å². The van der Waals surface area contributed by atoms with E-state index in [0.717, 1.165) is 35.7 Å². The van der Waals surface area contributed by atoms with Gasteiger partial charge in [0.05, 0.1) is 4.47 Å². The molecule has 0 aromatic heterocycles. The minimum Gasteiger partial charge on any atom is -0.488 e. The largest absolute Gasteiger partial charge is 0.488 e. The molecular formula is C15H22BrNO. The summed E-state index contributed by atoms with van der Waals surface area (Å²) in [5, 5.41) is 3.55. The van der Waals surface area contributed by atoms with Gasteiger partial charge >= 0.3 is 0 Å². The number of hydrogen-bond donors (Lipinski definition) is 1. The van der Waals surface area contributed by atoms with Gasteiger partial charge in [-0.15, -0.1) is 0 Å². The molecule has 1 unspecified atom stereocenters. The van der Waals surface area contributed by atoms with Gasteiger partial charge in [-0.1, -0.05) is 19.4 Å². The van der Waals surface area contributed by atoms with Gasteiger partial charge in [0.2, 0.25) is 0 Å². The van der Waals surface area contributed by atoms with Gasteiger partial charge in [-0.2, -0.15) is 0 Å². The van der Waals surface area contributed by atoms with E-state index < -0.39 is 0 Å². The van der Waals surface area contributed by atoms with E-state index in [2.05, 4.69) is 53.3 Å². The molecule has 0 saturated heterocycles. The Bertz CT molecular complexity index is 390. The van der Waals surface area contributed by atoms with Crippen LogP contribution in [-0.2, 0) is 0 Å². The Hall–Kier alpha value is -0.540. The monoisotopic (exact) mass is 311 g/mol. The van der Waals surface area contributed by atoms with Crippen molar-refractivity contribution in [3.05, 3.63) is 28.2 Å². The molecule has 18 heavy (non-hydrogen) atoms. The second-order valence-corrected chi connectivity index (χ2v) is 6.00. The summed E-state index contributed by atoms with van der Waals surface area (Å²) in [6, 6.07) is 7.00. The number of rotatable bonds is 7. The molecular weight excluding hydrogens is 290 g/mol. The maximum Gasteiger partial charge on any atom is 0.133 e. The van der Waals surface area contributed by atoms with Gasteiger partial charge in [0.15, 0.2) is 0 Å². The molecule has 1 aliphatic carbocycles. The third-order valence-corrected chi connectivity index (χ3v) is 3.82. The molecule has 100 valence electrons. The molecule has 1 aromatic carbocycles. The van der Waals surface area contributed by atoms with E-state index in [-0.39, 0.29) is 6.10 Å². The third-order valence-electron chi connectivity index (χ3n) is 3.20. The van der Waals surface area contributed by atoms with Crippen molar-refractivity contribution in [1.82, 2.24) is 5.32 Å². The second kappa shape index (κ2) is 6.58. The standard InChI is InChI=1S/C15H22BrNO/c1-3-4-13(10-17-12-6-7-12)18-15-8-5-11(2)9-14(15)16/h5,8-9,12-13,17H,3-4,6-7,10H2,1-2H3. The first kappa shape index (κ1) is 13.9. The summed E-state index contributed by atoms with van der Waals surface area (Å²) in [5.74, 6) is 0.955. The SMILES string of the molecule is CCCC(CNC1CC1)Oc1ccc(C)cc1Br. The molecule has 1 aliphatic rings. The average Bonchev–Trinajstić information content (AvgIpc) is 3.13.